The molecule has 1 atom stereocenters. The fraction of sp³-hybridized carbons (Fsp3) is 0.412. The number of hydrogen-bond acceptors (Lipinski definition) is 5. The van der Waals surface area contributed by atoms with Crippen LogP contribution in [0.15, 0.2) is 23.6 Å². The number of ether oxygens (including phenoxy) is 1. The number of carbonyl (C=O) groups is 1. The maximum atomic E-state index is 12.1. The largest absolute Gasteiger partial charge is 0.378 e. The summed E-state index contributed by atoms with van der Waals surface area (Å²) in [4.78, 5) is 16.6. The lowest BCUT2D eigenvalue weighted by Crippen LogP contribution is -2.43. The Morgan fingerprint density at radius 1 is 1.43 bits per heavy atom. The summed E-state index contributed by atoms with van der Waals surface area (Å²) in [6, 6.07) is 6.37. The molecule has 1 aliphatic rings. The second-order valence-corrected chi connectivity index (χ2v) is 6.67. The summed E-state index contributed by atoms with van der Waals surface area (Å²) in [7, 11) is 0. The third-order valence-electron chi connectivity index (χ3n) is 3.98. The zero-order valence-corrected chi connectivity index (χ0v) is 14.2. The monoisotopic (exact) mass is 331 g/mol. The maximum absolute atomic E-state index is 12.1. The van der Waals surface area contributed by atoms with Gasteiger partial charge in [-0.1, -0.05) is 12.1 Å². The average Bonchev–Trinajstić information content (AvgIpc) is 2.99. The van der Waals surface area contributed by atoms with Gasteiger partial charge in [-0.3, -0.25) is 4.79 Å². The number of amides is 1. The Kier molecular flexibility index (Phi) is 5.05. The number of morpholine rings is 1. The van der Waals surface area contributed by atoms with E-state index in [1.165, 1.54) is 22.5 Å². The van der Waals surface area contributed by atoms with E-state index in [9.17, 15) is 4.79 Å². The normalized spacial score (nSPS) is 17.9. The molecular weight excluding hydrogens is 310 g/mol. The van der Waals surface area contributed by atoms with Gasteiger partial charge in [0.1, 0.15) is 0 Å². The van der Waals surface area contributed by atoms with Crippen LogP contribution >= 0.6 is 11.3 Å². The number of aryl methyl sites for hydroxylation is 2. The SMILES string of the molecule is Cc1ccc(-c2csc(NC(=O)CC3COCCN3)n2)cc1C. The Bertz CT molecular complexity index is 693. The molecule has 1 aliphatic heterocycles. The summed E-state index contributed by atoms with van der Waals surface area (Å²) in [5.74, 6) is -0.0333. The molecule has 3 rings (SSSR count). The van der Waals surface area contributed by atoms with Gasteiger partial charge in [0.05, 0.1) is 18.9 Å². The van der Waals surface area contributed by atoms with Crippen LogP contribution in [0.1, 0.15) is 17.5 Å². The number of carbonyl (C=O) groups excluding carboxylic acids is 1. The zero-order valence-electron chi connectivity index (χ0n) is 13.4. The summed E-state index contributed by atoms with van der Waals surface area (Å²) in [6.07, 6.45) is 0.401. The van der Waals surface area contributed by atoms with Crippen molar-refractivity contribution in [3.63, 3.8) is 0 Å². The molecular formula is C17H21N3O2S. The molecule has 0 saturated carbocycles. The van der Waals surface area contributed by atoms with Gasteiger partial charge in [-0.2, -0.15) is 0 Å². The number of hydrogen-bond donors (Lipinski definition) is 2. The van der Waals surface area contributed by atoms with Gasteiger partial charge in [-0.05, 0) is 31.0 Å². The van der Waals surface area contributed by atoms with Crippen LogP contribution in [-0.4, -0.2) is 36.7 Å². The van der Waals surface area contributed by atoms with Gasteiger partial charge in [0, 0.05) is 30.0 Å². The summed E-state index contributed by atoms with van der Waals surface area (Å²) in [5.41, 5.74) is 4.48. The highest BCUT2D eigenvalue weighted by molar-refractivity contribution is 7.14. The fourth-order valence-electron chi connectivity index (χ4n) is 2.51. The molecule has 6 heteroatoms. The number of nitrogens with zero attached hydrogens (tertiary/aromatic N) is 1. The van der Waals surface area contributed by atoms with Crippen molar-refractivity contribution in [3.05, 3.63) is 34.7 Å². The van der Waals surface area contributed by atoms with E-state index >= 15 is 0 Å². The highest BCUT2D eigenvalue weighted by Crippen LogP contribution is 2.26. The smallest absolute Gasteiger partial charge is 0.227 e. The molecule has 5 nitrogen and oxygen atoms in total. The quantitative estimate of drug-likeness (QED) is 0.904. The molecule has 2 N–H and O–H groups in total. The highest BCUT2D eigenvalue weighted by Gasteiger charge is 2.17. The molecule has 0 aliphatic carbocycles. The minimum absolute atomic E-state index is 0.0333. The number of aromatic nitrogens is 1. The summed E-state index contributed by atoms with van der Waals surface area (Å²) < 4.78 is 5.36. The van der Waals surface area contributed by atoms with Crippen LogP contribution in [0.3, 0.4) is 0 Å². The highest BCUT2D eigenvalue weighted by atomic mass is 32.1. The number of anilines is 1. The topological polar surface area (TPSA) is 63.2 Å². The van der Waals surface area contributed by atoms with Gasteiger partial charge >= 0.3 is 0 Å². The molecule has 1 unspecified atom stereocenters. The van der Waals surface area contributed by atoms with E-state index < -0.39 is 0 Å². The van der Waals surface area contributed by atoms with Crippen LogP contribution in [0.5, 0.6) is 0 Å². The third kappa shape index (κ3) is 4.16. The summed E-state index contributed by atoms with van der Waals surface area (Å²) in [5, 5.41) is 8.77. The molecule has 23 heavy (non-hydrogen) atoms. The Morgan fingerprint density at radius 2 is 2.30 bits per heavy atom. The van der Waals surface area contributed by atoms with Crippen molar-refractivity contribution in [2.24, 2.45) is 0 Å². The van der Waals surface area contributed by atoms with Crippen molar-refractivity contribution in [1.82, 2.24) is 10.3 Å². The third-order valence-corrected chi connectivity index (χ3v) is 4.74. The van der Waals surface area contributed by atoms with Crippen LogP contribution in [0.2, 0.25) is 0 Å². The lowest BCUT2D eigenvalue weighted by Gasteiger charge is -2.22. The first kappa shape index (κ1) is 16.1. The van der Waals surface area contributed by atoms with Crippen molar-refractivity contribution < 1.29 is 9.53 Å². The second kappa shape index (κ2) is 7.21. The van der Waals surface area contributed by atoms with E-state index in [1.807, 2.05) is 5.38 Å². The number of benzene rings is 1. The molecule has 0 spiro atoms. The van der Waals surface area contributed by atoms with E-state index in [0.717, 1.165) is 17.8 Å². The predicted octanol–water partition coefficient (Wildman–Crippen LogP) is 2.74. The average molecular weight is 331 g/mol. The van der Waals surface area contributed by atoms with Crippen molar-refractivity contribution in [2.45, 2.75) is 26.3 Å². The summed E-state index contributed by atoms with van der Waals surface area (Å²) >= 11 is 1.45. The molecule has 1 aromatic carbocycles. The first-order valence-corrected chi connectivity index (χ1v) is 8.64. The van der Waals surface area contributed by atoms with E-state index in [1.54, 1.807) is 0 Å². The second-order valence-electron chi connectivity index (χ2n) is 5.82. The minimum Gasteiger partial charge on any atom is -0.378 e. The molecule has 2 aromatic rings. The maximum Gasteiger partial charge on any atom is 0.227 e. The number of thiazole rings is 1. The minimum atomic E-state index is -0.0333. The Hall–Kier alpha value is -1.76. The van der Waals surface area contributed by atoms with Crippen LogP contribution in [0, 0.1) is 13.8 Å². The molecule has 2 heterocycles. The lowest BCUT2D eigenvalue weighted by molar-refractivity contribution is -0.117. The van der Waals surface area contributed by atoms with E-state index in [2.05, 4.69) is 47.7 Å². The first-order valence-electron chi connectivity index (χ1n) is 7.76. The Morgan fingerprint density at radius 3 is 3.04 bits per heavy atom. The van der Waals surface area contributed by atoms with Crippen LogP contribution < -0.4 is 10.6 Å². The molecule has 0 radical (unpaired) electrons. The standard InChI is InChI=1S/C17H21N3O2S/c1-11-3-4-13(7-12(11)2)15-10-23-17(19-15)20-16(21)8-14-9-22-6-5-18-14/h3-4,7,10,14,18H,5-6,8-9H2,1-2H3,(H,19,20,21). The van der Waals surface area contributed by atoms with Gasteiger partial charge < -0.3 is 15.4 Å². The molecule has 1 fully saturated rings. The van der Waals surface area contributed by atoms with Crippen LogP contribution in [0.25, 0.3) is 11.3 Å². The first-order chi connectivity index (χ1) is 11.1. The van der Waals surface area contributed by atoms with E-state index in [0.29, 0.717) is 24.8 Å². The molecule has 0 bridgehead atoms. The van der Waals surface area contributed by atoms with Gasteiger partial charge in [-0.25, -0.2) is 4.98 Å². The molecule has 1 saturated heterocycles. The van der Waals surface area contributed by atoms with Crippen molar-refractivity contribution in [2.75, 3.05) is 25.1 Å². The summed E-state index contributed by atoms with van der Waals surface area (Å²) in [6.45, 7) is 6.27. The Labute approximate surface area is 140 Å². The van der Waals surface area contributed by atoms with Crippen LogP contribution in [0.4, 0.5) is 5.13 Å². The van der Waals surface area contributed by atoms with Gasteiger partial charge in [0.2, 0.25) is 5.91 Å². The van der Waals surface area contributed by atoms with E-state index in [4.69, 9.17) is 4.74 Å². The Balaban J connectivity index is 1.62. The molecule has 122 valence electrons. The van der Waals surface area contributed by atoms with Gasteiger partial charge in [0.25, 0.3) is 0 Å². The van der Waals surface area contributed by atoms with Gasteiger partial charge in [0.15, 0.2) is 5.13 Å². The van der Waals surface area contributed by atoms with Crippen molar-refractivity contribution in [1.29, 1.82) is 0 Å². The van der Waals surface area contributed by atoms with Crippen molar-refractivity contribution >= 4 is 22.4 Å². The zero-order chi connectivity index (χ0) is 16.2. The predicted molar refractivity (Wildman–Crippen MR) is 92.9 cm³/mol. The number of rotatable bonds is 4. The van der Waals surface area contributed by atoms with Crippen molar-refractivity contribution in [3.8, 4) is 11.3 Å². The lowest BCUT2D eigenvalue weighted by atomic mass is 10.1. The van der Waals surface area contributed by atoms with Crippen LogP contribution in [-0.2, 0) is 9.53 Å². The molecule has 1 amide bonds. The van der Waals surface area contributed by atoms with Gasteiger partial charge in [-0.15, -0.1) is 11.3 Å². The molecule has 1 aromatic heterocycles. The fourth-order valence-corrected chi connectivity index (χ4v) is 3.25. The van der Waals surface area contributed by atoms with E-state index in [-0.39, 0.29) is 11.9 Å². The number of nitrogens with one attached hydrogen (secondary N) is 2.